The Bertz CT molecular complexity index is 1040. The first-order chi connectivity index (χ1) is 12.6. The molecule has 0 unspecified atom stereocenters. The van der Waals surface area contributed by atoms with Gasteiger partial charge < -0.3 is 9.47 Å². The second-order valence-electron chi connectivity index (χ2n) is 5.15. The minimum absolute atomic E-state index is 0.0503. The highest BCUT2D eigenvalue weighted by atomic mass is 32.1. The molecule has 0 bridgehead atoms. The number of ether oxygens (including phenoxy) is 2. The molecule has 0 aliphatic heterocycles. The van der Waals surface area contributed by atoms with Gasteiger partial charge in [-0.3, -0.25) is 10.1 Å². The van der Waals surface area contributed by atoms with Crippen molar-refractivity contribution < 1.29 is 14.4 Å². The van der Waals surface area contributed by atoms with Gasteiger partial charge in [-0.2, -0.15) is 5.26 Å². The maximum atomic E-state index is 10.9. The number of nitriles is 1. The summed E-state index contributed by atoms with van der Waals surface area (Å²) in [5.74, 6) is 1.03. The van der Waals surface area contributed by atoms with Crippen molar-refractivity contribution in [2.24, 2.45) is 0 Å². The Morgan fingerprint density at radius 2 is 2.12 bits per heavy atom. The van der Waals surface area contributed by atoms with E-state index in [1.165, 1.54) is 30.6 Å². The third kappa shape index (κ3) is 3.79. The lowest BCUT2D eigenvalue weighted by atomic mass is 10.2. The van der Waals surface area contributed by atoms with Gasteiger partial charge in [0.05, 0.1) is 22.2 Å². The summed E-state index contributed by atoms with van der Waals surface area (Å²) in [5, 5.41) is 20.2. The molecule has 1 heterocycles. The van der Waals surface area contributed by atoms with Crippen molar-refractivity contribution >= 4 is 39.4 Å². The number of thiazole rings is 1. The van der Waals surface area contributed by atoms with Gasteiger partial charge in [-0.15, -0.1) is 11.3 Å². The summed E-state index contributed by atoms with van der Waals surface area (Å²) < 4.78 is 11.3. The number of nitro groups is 1. The standard InChI is InChI=1S/C18H13N3O4S/c1-24-16-10-12(2-6-15(16)25-9-8-19)3-7-18-20-14-5-4-13(21(22)23)11-17(14)26-18/h2-7,10-11H,9H2,1H3. The maximum Gasteiger partial charge on any atom is 0.270 e. The number of non-ortho nitro benzene ring substituents is 1. The summed E-state index contributed by atoms with van der Waals surface area (Å²) >= 11 is 1.38. The molecule has 0 amide bonds. The molecule has 1 aromatic heterocycles. The molecule has 26 heavy (non-hydrogen) atoms. The largest absolute Gasteiger partial charge is 0.493 e. The van der Waals surface area contributed by atoms with Crippen LogP contribution in [0.5, 0.6) is 11.5 Å². The number of hydrogen-bond donors (Lipinski definition) is 0. The van der Waals surface area contributed by atoms with E-state index in [-0.39, 0.29) is 12.3 Å². The summed E-state index contributed by atoms with van der Waals surface area (Å²) in [6, 6.07) is 11.9. The first-order valence-electron chi connectivity index (χ1n) is 7.51. The lowest BCUT2D eigenvalue weighted by molar-refractivity contribution is -0.384. The number of nitro benzene ring substituents is 1. The van der Waals surface area contributed by atoms with Crippen LogP contribution in [0.2, 0.25) is 0 Å². The van der Waals surface area contributed by atoms with Gasteiger partial charge in [0, 0.05) is 12.1 Å². The fourth-order valence-corrected chi connectivity index (χ4v) is 3.20. The maximum absolute atomic E-state index is 10.9. The zero-order valence-corrected chi connectivity index (χ0v) is 14.5. The minimum Gasteiger partial charge on any atom is -0.493 e. The van der Waals surface area contributed by atoms with Crippen LogP contribution >= 0.6 is 11.3 Å². The predicted molar refractivity (Wildman–Crippen MR) is 99.3 cm³/mol. The van der Waals surface area contributed by atoms with E-state index in [2.05, 4.69) is 4.98 Å². The van der Waals surface area contributed by atoms with Crippen molar-refractivity contribution in [2.45, 2.75) is 0 Å². The molecule has 0 spiro atoms. The summed E-state index contributed by atoms with van der Waals surface area (Å²) in [6.45, 7) is -0.0522. The van der Waals surface area contributed by atoms with Gasteiger partial charge >= 0.3 is 0 Å². The fraction of sp³-hybridized carbons (Fsp3) is 0.111. The van der Waals surface area contributed by atoms with Crippen LogP contribution < -0.4 is 9.47 Å². The van der Waals surface area contributed by atoms with Crippen molar-refractivity contribution in [1.29, 1.82) is 5.26 Å². The fourth-order valence-electron chi connectivity index (χ4n) is 2.30. The average molecular weight is 367 g/mol. The normalized spacial score (nSPS) is 10.8. The number of benzene rings is 2. The van der Waals surface area contributed by atoms with E-state index in [4.69, 9.17) is 14.7 Å². The molecule has 0 fully saturated rings. The first kappa shape index (κ1) is 17.4. The van der Waals surface area contributed by atoms with E-state index in [1.54, 1.807) is 18.2 Å². The lowest BCUT2D eigenvalue weighted by Crippen LogP contribution is -1.96. The van der Waals surface area contributed by atoms with Crippen LogP contribution in [-0.2, 0) is 0 Å². The number of hydrogen-bond acceptors (Lipinski definition) is 7. The number of nitrogens with zero attached hydrogens (tertiary/aromatic N) is 3. The molecular weight excluding hydrogens is 354 g/mol. The molecule has 7 nitrogen and oxygen atoms in total. The van der Waals surface area contributed by atoms with E-state index >= 15 is 0 Å². The Kier molecular flexibility index (Phi) is 5.10. The zero-order valence-electron chi connectivity index (χ0n) is 13.7. The van der Waals surface area contributed by atoms with Gasteiger partial charge in [-0.25, -0.2) is 4.98 Å². The van der Waals surface area contributed by atoms with Gasteiger partial charge in [-0.05, 0) is 29.8 Å². The highest BCUT2D eigenvalue weighted by Gasteiger charge is 2.09. The zero-order chi connectivity index (χ0) is 18.5. The summed E-state index contributed by atoms with van der Waals surface area (Å²) in [7, 11) is 1.53. The molecule has 3 aromatic rings. The Balaban J connectivity index is 1.84. The second-order valence-corrected chi connectivity index (χ2v) is 6.21. The molecule has 0 radical (unpaired) electrons. The van der Waals surface area contributed by atoms with Crippen LogP contribution in [0.1, 0.15) is 10.6 Å². The quantitative estimate of drug-likeness (QED) is 0.476. The summed E-state index contributed by atoms with van der Waals surface area (Å²) in [6.07, 6.45) is 3.70. The molecule has 0 atom stereocenters. The average Bonchev–Trinajstić information content (AvgIpc) is 3.06. The van der Waals surface area contributed by atoms with E-state index < -0.39 is 4.92 Å². The first-order valence-corrected chi connectivity index (χ1v) is 8.33. The minimum atomic E-state index is -0.420. The number of rotatable bonds is 6. The second kappa shape index (κ2) is 7.63. The van der Waals surface area contributed by atoms with Gasteiger partial charge in [-0.1, -0.05) is 12.1 Å². The van der Waals surface area contributed by atoms with Crippen LogP contribution in [0.25, 0.3) is 22.4 Å². The number of methoxy groups -OCH3 is 1. The molecule has 2 aromatic carbocycles. The topological polar surface area (TPSA) is 98.3 Å². The Morgan fingerprint density at radius 3 is 2.85 bits per heavy atom. The number of fused-ring (bicyclic) bond motifs is 1. The number of aromatic nitrogens is 1. The monoisotopic (exact) mass is 367 g/mol. The van der Waals surface area contributed by atoms with Gasteiger partial charge in [0.2, 0.25) is 0 Å². The smallest absolute Gasteiger partial charge is 0.270 e. The molecule has 0 N–H and O–H groups in total. The third-order valence-corrected chi connectivity index (χ3v) is 4.48. The van der Waals surface area contributed by atoms with Crippen molar-refractivity contribution in [3.63, 3.8) is 0 Å². The Labute approximate surface area is 152 Å². The summed E-state index contributed by atoms with van der Waals surface area (Å²) in [5.41, 5.74) is 1.64. The van der Waals surface area contributed by atoms with Gasteiger partial charge in [0.25, 0.3) is 5.69 Å². The van der Waals surface area contributed by atoms with Crippen LogP contribution in [0, 0.1) is 21.4 Å². The molecule has 0 aliphatic rings. The highest BCUT2D eigenvalue weighted by molar-refractivity contribution is 7.19. The molecule has 3 rings (SSSR count). The Morgan fingerprint density at radius 1 is 1.27 bits per heavy atom. The molecule has 0 saturated carbocycles. The van der Waals surface area contributed by atoms with Crippen LogP contribution in [0.4, 0.5) is 5.69 Å². The van der Waals surface area contributed by atoms with E-state index in [0.29, 0.717) is 11.5 Å². The van der Waals surface area contributed by atoms with Crippen LogP contribution in [0.15, 0.2) is 36.4 Å². The van der Waals surface area contributed by atoms with Crippen molar-refractivity contribution in [3.8, 4) is 17.6 Å². The van der Waals surface area contributed by atoms with Crippen molar-refractivity contribution in [3.05, 3.63) is 57.1 Å². The summed E-state index contributed by atoms with van der Waals surface area (Å²) in [4.78, 5) is 14.9. The molecular formula is C18H13N3O4S. The van der Waals surface area contributed by atoms with Crippen LogP contribution in [-0.4, -0.2) is 23.6 Å². The van der Waals surface area contributed by atoms with Gasteiger partial charge in [0.15, 0.2) is 18.1 Å². The van der Waals surface area contributed by atoms with Crippen molar-refractivity contribution in [1.82, 2.24) is 4.98 Å². The predicted octanol–water partition coefficient (Wildman–Crippen LogP) is 4.29. The molecule has 130 valence electrons. The van der Waals surface area contributed by atoms with E-state index in [0.717, 1.165) is 20.8 Å². The SMILES string of the molecule is COc1cc(C=Cc2nc3ccc([N+](=O)[O-])cc3s2)ccc1OCC#N. The van der Waals surface area contributed by atoms with Crippen molar-refractivity contribution in [2.75, 3.05) is 13.7 Å². The van der Waals surface area contributed by atoms with Gasteiger partial charge in [0.1, 0.15) is 11.1 Å². The third-order valence-electron chi connectivity index (χ3n) is 3.50. The Hall–Kier alpha value is -3.44. The lowest BCUT2D eigenvalue weighted by Gasteiger charge is -2.08. The van der Waals surface area contributed by atoms with E-state index in [9.17, 15) is 10.1 Å². The molecule has 0 saturated heterocycles. The highest BCUT2D eigenvalue weighted by Crippen LogP contribution is 2.30. The van der Waals surface area contributed by atoms with Crippen LogP contribution in [0.3, 0.4) is 0 Å². The molecule has 8 heteroatoms. The van der Waals surface area contributed by atoms with E-state index in [1.807, 2.05) is 24.3 Å². The molecule has 0 aliphatic carbocycles.